The lowest BCUT2D eigenvalue weighted by atomic mass is 10.0. The van der Waals surface area contributed by atoms with E-state index in [1.165, 1.54) is 41.5 Å². The Morgan fingerprint density at radius 1 is 1.28 bits per heavy atom. The summed E-state index contributed by atoms with van der Waals surface area (Å²) < 4.78 is 20.2. The van der Waals surface area contributed by atoms with Crippen molar-refractivity contribution in [2.45, 2.75) is 38.8 Å². The van der Waals surface area contributed by atoms with Crippen molar-refractivity contribution in [3.05, 3.63) is 94.2 Å². The maximum atomic E-state index is 13.7. The third-order valence-electron chi connectivity index (χ3n) is 7.15. The van der Waals surface area contributed by atoms with Crippen LogP contribution in [0.25, 0.3) is 17.0 Å². The summed E-state index contributed by atoms with van der Waals surface area (Å²) in [6, 6.07) is 11.7. The number of hydrogen-bond donors (Lipinski definition) is 1. The van der Waals surface area contributed by atoms with Crippen LogP contribution < -0.4 is 0 Å². The van der Waals surface area contributed by atoms with Gasteiger partial charge in [-0.05, 0) is 72.7 Å². The molecule has 0 amide bonds. The van der Waals surface area contributed by atoms with Crippen LogP contribution in [0, 0.1) is 12.7 Å². The first-order chi connectivity index (χ1) is 17.4. The number of esters is 1. The molecule has 1 unspecified atom stereocenters. The fraction of sp³-hybridized carbons (Fsp3) is 0.310. The molecular weight excluding hydrogens is 455 g/mol. The van der Waals surface area contributed by atoms with Crippen molar-refractivity contribution in [3.8, 4) is 0 Å². The fourth-order valence-electron chi connectivity index (χ4n) is 5.33. The summed E-state index contributed by atoms with van der Waals surface area (Å²) in [5.74, 6) is -0.584. The number of aromatic amines is 1. The van der Waals surface area contributed by atoms with Gasteiger partial charge in [0.25, 0.3) is 0 Å². The van der Waals surface area contributed by atoms with E-state index in [1.807, 2.05) is 24.0 Å². The molecule has 0 fully saturated rings. The second kappa shape index (κ2) is 10.1. The van der Waals surface area contributed by atoms with Crippen molar-refractivity contribution in [2.24, 2.45) is 7.05 Å². The Balaban J connectivity index is 1.40. The second-order valence-electron chi connectivity index (χ2n) is 9.51. The summed E-state index contributed by atoms with van der Waals surface area (Å²) >= 11 is 0. The van der Waals surface area contributed by atoms with E-state index in [-0.39, 0.29) is 11.8 Å². The maximum absolute atomic E-state index is 13.7. The Kier molecular flexibility index (Phi) is 6.74. The van der Waals surface area contributed by atoms with Gasteiger partial charge in [-0.2, -0.15) is 5.10 Å². The van der Waals surface area contributed by atoms with Crippen molar-refractivity contribution < 1.29 is 13.9 Å². The maximum Gasteiger partial charge on any atom is 0.330 e. The quantitative estimate of drug-likeness (QED) is 0.272. The summed E-state index contributed by atoms with van der Waals surface area (Å²) in [6.45, 7) is 3.74. The molecule has 2 aromatic heterocycles. The van der Waals surface area contributed by atoms with Gasteiger partial charge in [-0.15, -0.1) is 0 Å². The Bertz CT molecular complexity index is 1430. The lowest BCUT2D eigenvalue weighted by Gasteiger charge is -2.29. The molecule has 1 N–H and O–H groups in total. The number of fused-ring (bicyclic) bond motifs is 2. The molecule has 7 heteroatoms. The lowest BCUT2D eigenvalue weighted by molar-refractivity contribution is -0.134. The van der Waals surface area contributed by atoms with Crippen LogP contribution in [0.5, 0.6) is 0 Å². The molecule has 36 heavy (non-hydrogen) atoms. The molecule has 5 rings (SSSR count). The molecule has 0 spiro atoms. The summed E-state index contributed by atoms with van der Waals surface area (Å²) in [7, 11) is 3.34. The van der Waals surface area contributed by atoms with E-state index in [0.717, 1.165) is 54.5 Å². The lowest BCUT2D eigenvalue weighted by Crippen LogP contribution is -2.29. The number of benzene rings is 2. The third-order valence-corrected chi connectivity index (χ3v) is 7.15. The van der Waals surface area contributed by atoms with Crippen molar-refractivity contribution in [3.63, 3.8) is 0 Å². The highest BCUT2D eigenvalue weighted by Crippen LogP contribution is 2.38. The highest BCUT2D eigenvalue weighted by Gasteiger charge is 2.29. The molecule has 0 saturated carbocycles. The second-order valence-corrected chi connectivity index (χ2v) is 9.51. The standard InChI is InChI=1S/C29H31FN4O2/c1-19-23(17-33(2)32-19)18-34(13-12-22-16-31-27-15-24(30)7-9-25(22)27)28-10-6-21-14-20(4-8-26(21)28)5-11-29(35)36-3/h4-5,7-9,11,14-17,28,31H,6,10,12-13,18H2,1-3H3. The molecule has 0 aliphatic heterocycles. The third kappa shape index (κ3) is 4.97. The van der Waals surface area contributed by atoms with E-state index >= 15 is 0 Å². The molecule has 0 saturated heterocycles. The van der Waals surface area contributed by atoms with Crippen molar-refractivity contribution >= 4 is 22.9 Å². The minimum atomic E-state index is -0.355. The number of H-pyrrole nitrogens is 1. The first-order valence-electron chi connectivity index (χ1n) is 12.3. The molecule has 2 aromatic carbocycles. The van der Waals surface area contributed by atoms with Gasteiger partial charge in [0, 0.05) is 61.1 Å². The normalized spacial score (nSPS) is 15.3. The van der Waals surface area contributed by atoms with Gasteiger partial charge >= 0.3 is 5.97 Å². The topological polar surface area (TPSA) is 63.1 Å². The fourth-order valence-corrected chi connectivity index (χ4v) is 5.33. The van der Waals surface area contributed by atoms with E-state index in [1.54, 1.807) is 12.1 Å². The van der Waals surface area contributed by atoms with E-state index in [0.29, 0.717) is 6.04 Å². The minimum Gasteiger partial charge on any atom is -0.466 e. The zero-order chi connectivity index (χ0) is 25.2. The number of nitrogens with one attached hydrogen (secondary N) is 1. The number of methoxy groups -OCH3 is 1. The Morgan fingerprint density at radius 3 is 2.92 bits per heavy atom. The van der Waals surface area contributed by atoms with Crippen LogP contribution in [-0.2, 0) is 36.0 Å². The number of carbonyl (C=O) groups excluding carboxylic acids is 1. The Labute approximate surface area is 210 Å². The van der Waals surface area contributed by atoms with E-state index in [4.69, 9.17) is 4.74 Å². The smallest absolute Gasteiger partial charge is 0.330 e. The first kappa shape index (κ1) is 24.0. The number of aromatic nitrogens is 3. The molecule has 0 radical (unpaired) electrons. The molecule has 2 heterocycles. The van der Waals surface area contributed by atoms with Crippen molar-refractivity contribution in [2.75, 3.05) is 13.7 Å². The Morgan fingerprint density at radius 2 is 2.14 bits per heavy atom. The van der Waals surface area contributed by atoms with Crippen LogP contribution in [0.4, 0.5) is 4.39 Å². The molecule has 1 aliphatic rings. The summed E-state index contributed by atoms with van der Waals surface area (Å²) in [5, 5.41) is 5.62. The zero-order valence-corrected chi connectivity index (χ0v) is 20.9. The van der Waals surface area contributed by atoms with Crippen LogP contribution in [0.15, 0.2) is 54.9 Å². The SMILES string of the molecule is COC(=O)C=Cc1ccc2c(c1)CCC2N(CCc1c[nH]c2cc(F)ccc12)Cc1cn(C)nc1C. The van der Waals surface area contributed by atoms with Crippen LogP contribution in [0.2, 0.25) is 0 Å². The summed E-state index contributed by atoms with van der Waals surface area (Å²) in [5.41, 5.74) is 7.96. The van der Waals surface area contributed by atoms with E-state index in [9.17, 15) is 9.18 Å². The number of halogens is 1. The number of ether oxygens (including phenoxy) is 1. The number of aryl methyl sites for hydroxylation is 3. The molecule has 1 aliphatic carbocycles. The van der Waals surface area contributed by atoms with Crippen LogP contribution in [0.1, 0.15) is 46.0 Å². The van der Waals surface area contributed by atoms with Crippen LogP contribution >= 0.6 is 0 Å². The minimum absolute atomic E-state index is 0.229. The summed E-state index contributed by atoms with van der Waals surface area (Å²) in [6.07, 6.45) is 10.3. The molecule has 4 aromatic rings. The van der Waals surface area contributed by atoms with Gasteiger partial charge in [-0.1, -0.05) is 18.2 Å². The van der Waals surface area contributed by atoms with E-state index in [2.05, 4.69) is 46.3 Å². The van der Waals surface area contributed by atoms with Crippen LogP contribution in [0.3, 0.4) is 0 Å². The predicted molar refractivity (Wildman–Crippen MR) is 139 cm³/mol. The Hall–Kier alpha value is -3.71. The number of nitrogens with zero attached hydrogens (tertiary/aromatic N) is 3. The number of hydrogen-bond acceptors (Lipinski definition) is 4. The van der Waals surface area contributed by atoms with Gasteiger partial charge in [0.1, 0.15) is 5.82 Å². The molecule has 1 atom stereocenters. The molecule has 0 bridgehead atoms. The van der Waals surface area contributed by atoms with Crippen molar-refractivity contribution in [1.82, 2.24) is 19.7 Å². The number of carbonyl (C=O) groups is 1. The highest BCUT2D eigenvalue weighted by molar-refractivity contribution is 5.87. The monoisotopic (exact) mass is 486 g/mol. The summed E-state index contributed by atoms with van der Waals surface area (Å²) in [4.78, 5) is 17.3. The van der Waals surface area contributed by atoms with Crippen LogP contribution in [-0.4, -0.2) is 39.3 Å². The van der Waals surface area contributed by atoms with Gasteiger partial charge in [0.05, 0.1) is 12.8 Å². The largest absolute Gasteiger partial charge is 0.466 e. The average molecular weight is 487 g/mol. The first-order valence-corrected chi connectivity index (χ1v) is 12.3. The van der Waals surface area contributed by atoms with Crippen molar-refractivity contribution in [1.29, 1.82) is 0 Å². The molecule has 6 nitrogen and oxygen atoms in total. The number of rotatable bonds is 8. The molecule has 186 valence electrons. The van der Waals surface area contributed by atoms with Gasteiger partial charge in [0.15, 0.2) is 0 Å². The molecular formula is C29H31FN4O2. The highest BCUT2D eigenvalue weighted by atomic mass is 19.1. The van der Waals surface area contributed by atoms with Gasteiger partial charge < -0.3 is 9.72 Å². The zero-order valence-electron chi connectivity index (χ0n) is 20.9. The predicted octanol–water partition coefficient (Wildman–Crippen LogP) is 5.27. The van der Waals surface area contributed by atoms with Gasteiger partial charge in [-0.25, -0.2) is 9.18 Å². The van der Waals surface area contributed by atoms with Gasteiger partial charge in [-0.3, -0.25) is 9.58 Å². The average Bonchev–Trinajstić information content (AvgIpc) is 3.56. The van der Waals surface area contributed by atoms with E-state index < -0.39 is 0 Å². The van der Waals surface area contributed by atoms with Gasteiger partial charge in [0.2, 0.25) is 0 Å².